The quantitative estimate of drug-likeness (QED) is 0.515. The molecule has 0 aliphatic carbocycles. The van der Waals surface area contributed by atoms with Crippen molar-refractivity contribution in [1.29, 1.82) is 0 Å². The van der Waals surface area contributed by atoms with E-state index in [0.717, 1.165) is 24.1 Å². The molecule has 180 valence electrons. The number of aromatic nitrogens is 1. The van der Waals surface area contributed by atoms with Crippen molar-refractivity contribution in [3.63, 3.8) is 0 Å². The molecular formula is C25H23ClFN5O3. The van der Waals surface area contributed by atoms with Crippen LogP contribution in [0.2, 0.25) is 5.02 Å². The van der Waals surface area contributed by atoms with Crippen molar-refractivity contribution in [2.75, 3.05) is 23.8 Å². The third-order valence-electron chi connectivity index (χ3n) is 6.34. The highest BCUT2D eigenvalue weighted by Crippen LogP contribution is 2.38. The Bertz CT molecular complexity index is 1350. The molecule has 2 aliphatic heterocycles. The van der Waals surface area contributed by atoms with Crippen LogP contribution >= 0.6 is 11.6 Å². The average molecular weight is 496 g/mol. The number of amides is 4. The Labute approximate surface area is 206 Å². The van der Waals surface area contributed by atoms with Gasteiger partial charge < -0.3 is 20.5 Å². The van der Waals surface area contributed by atoms with Gasteiger partial charge in [-0.1, -0.05) is 29.8 Å². The van der Waals surface area contributed by atoms with Crippen molar-refractivity contribution in [2.24, 2.45) is 0 Å². The number of anilines is 2. The molecule has 0 saturated carbocycles. The first-order valence-corrected chi connectivity index (χ1v) is 11.6. The Kier molecular flexibility index (Phi) is 5.94. The number of urea groups is 1. The van der Waals surface area contributed by atoms with Crippen LogP contribution < -0.4 is 20.9 Å². The number of carbonyl (C=O) groups is 3. The van der Waals surface area contributed by atoms with Crippen LogP contribution in [0.1, 0.15) is 39.8 Å². The van der Waals surface area contributed by atoms with Gasteiger partial charge in [0.15, 0.2) is 0 Å². The molecule has 0 fully saturated rings. The predicted octanol–water partition coefficient (Wildman–Crippen LogP) is 3.84. The van der Waals surface area contributed by atoms with Gasteiger partial charge in [0.25, 0.3) is 5.91 Å². The summed E-state index contributed by atoms with van der Waals surface area (Å²) in [6, 6.07) is 11.9. The molecule has 1 aromatic heterocycles. The highest BCUT2D eigenvalue weighted by Gasteiger charge is 2.35. The van der Waals surface area contributed by atoms with Gasteiger partial charge in [-0.2, -0.15) is 0 Å². The molecule has 0 bridgehead atoms. The molecular weight excluding hydrogens is 473 g/mol. The summed E-state index contributed by atoms with van der Waals surface area (Å²) >= 11 is 6.37. The van der Waals surface area contributed by atoms with Crippen molar-refractivity contribution in [2.45, 2.75) is 25.4 Å². The standard InChI is InChI=1S/C25H23ClFN5O3/c1-28-24(34)20-12-18(29-25(35)31-10-4-6-14-5-2-3-7-19(14)31)23-22(30-21(33)13-32(20)23)16-11-15(27)8-9-17(16)26/h2-3,5,7-9,11-12,22H,4,6,10,13H2,1H3,(H,28,34)(H,29,35)(H,30,33). The highest BCUT2D eigenvalue weighted by atomic mass is 35.5. The van der Waals surface area contributed by atoms with Crippen LogP contribution in [0.15, 0.2) is 48.5 Å². The van der Waals surface area contributed by atoms with E-state index in [0.29, 0.717) is 23.5 Å². The van der Waals surface area contributed by atoms with Crippen molar-refractivity contribution < 1.29 is 18.8 Å². The van der Waals surface area contributed by atoms with Gasteiger partial charge in [-0.05, 0) is 48.7 Å². The molecule has 4 amide bonds. The number of nitrogens with zero attached hydrogens (tertiary/aromatic N) is 2. The zero-order valence-corrected chi connectivity index (χ0v) is 19.7. The summed E-state index contributed by atoms with van der Waals surface area (Å²) in [5.74, 6) is -1.32. The molecule has 35 heavy (non-hydrogen) atoms. The SMILES string of the molecule is CNC(=O)c1cc(NC(=O)N2CCCc3ccccc32)c2n1CC(=O)NC2c1cc(F)ccc1Cl. The van der Waals surface area contributed by atoms with E-state index in [1.807, 2.05) is 24.3 Å². The summed E-state index contributed by atoms with van der Waals surface area (Å²) in [5, 5.41) is 8.56. The lowest BCUT2D eigenvalue weighted by Crippen LogP contribution is -2.42. The smallest absolute Gasteiger partial charge is 0.326 e. The van der Waals surface area contributed by atoms with Crippen LogP contribution in [-0.4, -0.2) is 36.0 Å². The van der Waals surface area contributed by atoms with Crippen LogP contribution in [-0.2, 0) is 17.8 Å². The van der Waals surface area contributed by atoms with E-state index in [4.69, 9.17) is 11.6 Å². The minimum Gasteiger partial charge on any atom is -0.354 e. The number of para-hydroxylation sites is 1. The molecule has 8 nitrogen and oxygen atoms in total. The van der Waals surface area contributed by atoms with E-state index < -0.39 is 17.8 Å². The third-order valence-corrected chi connectivity index (χ3v) is 6.69. The van der Waals surface area contributed by atoms with Gasteiger partial charge in [-0.25, -0.2) is 9.18 Å². The summed E-state index contributed by atoms with van der Waals surface area (Å²) in [6.07, 6.45) is 1.70. The Morgan fingerprint density at radius 2 is 1.97 bits per heavy atom. The summed E-state index contributed by atoms with van der Waals surface area (Å²) in [7, 11) is 1.48. The molecule has 0 spiro atoms. The zero-order valence-electron chi connectivity index (χ0n) is 18.9. The Morgan fingerprint density at radius 1 is 1.17 bits per heavy atom. The maximum atomic E-state index is 14.1. The number of hydrogen-bond donors (Lipinski definition) is 3. The molecule has 0 radical (unpaired) electrons. The minimum absolute atomic E-state index is 0.135. The lowest BCUT2D eigenvalue weighted by Gasteiger charge is -2.31. The second kappa shape index (κ2) is 9.07. The first kappa shape index (κ1) is 22.9. The van der Waals surface area contributed by atoms with E-state index in [2.05, 4.69) is 16.0 Å². The molecule has 1 atom stereocenters. The van der Waals surface area contributed by atoms with E-state index in [9.17, 15) is 18.8 Å². The van der Waals surface area contributed by atoms with Crippen LogP contribution in [0.25, 0.3) is 0 Å². The topological polar surface area (TPSA) is 95.5 Å². The molecule has 5 rings (SSSR count). The number of carbonyl (C=O) groups excluding carboxylic acids is 3. The van der Waals surface area contributed by atoms with Crippen LogP contribution in [0.4, 0.5) is 20.6 Å². The number of fused-ring (bicyclic) bond motifs is 2. The summed E-state index contributed by atoms with van der Waals surface area (Å²) in [4.78, 5) is 40.3. The normalized spacial score (nSPS) is 16.7. The molecule has 10 heteroatoms. The maximum absolute atomic E-state index is 14.1. The van der Waals surface area contributed by atoms with Crippen molar-refractivity contribution >= 4 is 40.8 Å². The lowest BCUT2D eigenvalue weighted by atomic mass is 10.0. The van der Waals surface area contributed by atoms with Gasteiger partial charge in [0, 0.05) is 29.9 Å². The van der Waals surface area contributed by atoms with Crippen molar-refractivity contribution in [3.05, 3.63) is 81.9 Å². The number of rotatable bonds is 3. The van der Waals surface area contributed by atoms with E-state index in [-0.39, 0.29) is 29.2 Å². The lowest BCUT2D eigenvalue weighted by molar-refractivity contribution is -0.123. The molecule has 1 unspecified atom stereocenters. The number of hydrogen-bond acceptors (Lipinski definition) is 3. The first-order chi connectivity index (χ1) is 16.9. The molecule has 0 saturated heterocycles. The Morgan fingerprint density at radius 3 is 2.77 bits per heavy atom. The number of aryl methyl sites for hydroxylation is 1. The zero-order chi connectivity index (χ0) is 24.7. The van der Waals surface area contributed by atoms with Gasteiger partial charge >= 0.3 is 6.03 Å². The molecule has 3 N–H and O–H groups in total. The van der Waals surface area contributed by atoms with Gasteiger partial charge in [0.1, 0.15) is 18.1 Å². The number of halogens is 2. The third kappa shape index (κ3) is 4.12. The maximum Gasteiger partial charge on any atom is 0.326 e. The molecule has 2 aliphatic rings. The average Bonchev–Trinajstić information content (AvgIpc) is 3.21. The van der Waals surface area contributed by atoms with Gasteiger partial charge in [-0.15, -0.1) is 0 Å². The second-order valence-electron chi connectivity index (χ2n) is 8.47. The summed E-state index contributed by atoms with van der Waals surface area (Å²) < 4.78 is 15.7. The van der Waals surface area contributed by atoms with Gasteiger partial charge in [-0.3, -0.25) is 14.5 Å². The fourth-order valence-electron chi connectivity index (χ4n) is 4.77. The molecule has 3 heterocycles. The number of nitrogens with one attached hydrogen (secondary N) is 3. The predicted molar refractivity (Wildman–Crippen MR) is 130 cm³/mol. The minimum atomic E-state index is -0.873. The van der Waals surface area contributed by atoms with Gasteiger partial charge in [0.05, 0.1) is 17.4 Å². The fourth-order valence-corrected chi connectivity index (χ4v) is 5.00. The van der Waals surface area contributed by atoms with E-state index in [1.165, 1.54) is 35.9 Å². The van der Waals surface area contributed by atoms with Crippen LogP contribution in [0.3, 0.4) is 0 Å². The largest absolute Gasteiger partial charge is 0.354 e. The van der Waals surface area contributed by atoms with E-state index >= 15 is 0 Å². The van der Waals surface area contributed by atoms with Crippen molar-refractivity contribution in [1.82, 2.24) is 15.2 Å². The number of benzene rings is 2. The monoisotopic (exact) mass is 495 g/mol. The van der Waals surface area contributed by atoms with E-state index in [1.54, 1.807) is 4.90 Å². The van der Waals surface area contributed by atoms with Crippen LogP contribution in [0.5, 0.6) is 0 Å². The molecule has 2 aromatic carbocycles. The Balaban J connectivity index is 1.60. The first-order valence-electron chi connectivity index (χ1n) is 11.2. The summed E-state index contributed by atoms with van der Waals surface area (Å²) in [5.41, 5.74) is 3.20. The summed E-state index contributed by atoms with van der Waals surface area (Å²) in [6.45, 7) is 0.404. The fraction of sp³-hybridized carbons (Fsp3) is 0.240. The van der Waals surface area contributed by atoms with Crippen molar-refractivity contribution in [3.8, 4) is 0 Å². The second-order valence-corrected chi connectivity index (χ2v) is 8.88. The van der Waals surface area contributed by atoms with Gasteiger partial charge in [0.2, 0.25) is 5.91 Å². The van der Waals surface area contributed by atoms with Crippen LogP contribution in [0, 0.1) is 5.82 Å². The Hall–Kier alpha value is -3.85. The highest BCUT2D eigenvalue weighted by molar-refractivity contribution is 6.31. The molecule has 3 aromatic rings.